The molecule has 0 spiro atoms. The maximum Gasteiger partial charge on any atom is 0.416 e. The van der Waals surface area contributed by atoms with Gasteiger partial charge in [0.2, 0.25) is 5.91 Å². The molecule has 1 aromatic carbocycles. The van der Waals surface area contributed by atoms with Crippen LogP contribution in [0.4, 0.5) is 18.0 Å². The number of nitrogens with one attached hydrogen (secondary N) is 1. The number of halogens is 3. The highest BCUT2D eigenvalue weighted by molar-refractivity contribution is 5.95. The molecule has 0 radical (unpaired) electrons. The van der Waals surface area contributed by atoms with Crippen LogP contribution in [0, 0.1) is 5.92 Å². The molecule has 2 aliphatic heterocycles. The highest BCUT2D eigenvalue weighted by atomic mass is 19.4. The van der Waals surface area contributed by atoms with Crippen LogP contribution in [-0.4, -0.2) is 78.5 Å². The summed E-state index contributed by atoms with van der Waals surface area (Å²) in [4.78, 5) is 45.1. The summed E-state index contributed by atoms with van der Waals surface area (Å²) in [6, 6.07) is 2.94. The van der Waals surface area contributed by atoms with Crippen molar-refractivity contribution < 1.29 is 32.3 Å². The fourth-order valence-corrected chi connectivity index (χ4v) is 5.75. The molecule has 1 unspecified atom stereocenters. The predicted molar refractivity (Wildman–Crippen MR) is 143 cm³/mol. The highest BCUT2D eigenvalue weighted by Gasteiger charge is 2.39. The van der Waals surface area contributed by atoms with Crippen molar-refractivity contribution in [2.75, 3.05) is 45.9 Å². The molecule has 1 saturated carbocycles. The van der Waals surface area contributed by atoms with Crippen molar-refractivity contribution in [1.29, 1.82) is 0 Å². The Labute approximate surface area is 232 Å². The number of urea groups is 1. The zero-order valence-corrected chi connectivity index (χ0v) is 22.8. The van der Waals surface area contributed by atoms with Crippen LogP contribution in [-0.2, 0) is 20.5 Å². The van der Waals surface area contributed by atoms with E-state index < -0.39 is 29.8 Å². The van der Waals surface area contributed by atoms with Crippen molar-refractivity contribution in [1.82, 2.24) is 20.0 Å². The molecule has 40 heavy (non-hydrogen) atoms. The molecule has 2 heterocycles. The van der Waals surface area contributed by atoms with E-state index in [9.17, 15) is 27.6 Å². The Morgan fingerprint density at radius 3 is 2.40 bits per heavy atom. The summed E-state index contributed by atoms with van der Waals surface area (Å²) in [6.07, 6.45) is 1.82. The second-order valence-corrected chi connectivity index (χ2v) is 10.4. The zero-order valence-electron chi connectivity index (χ0n) is 22.8. The molecular weight excluding hydrogens is 525 g/mol. The van der Waals surface area contributed by atoms with E-state index in [0.29, 0.717) is 37.4 Å². The zero-order chi connectivity index (χ0) is 28.9. The standard InChI is InChI=1S/C29H37F3N4O4/c1-3-14-36-23(19-34-15-7-16-35(18-17-34)26(37)21-8-5-6-9-21)24(27(38)40-4-2)25(33-28(36)39)20-10-12-22(13-11-20)29(30,31)32/h3,10-13,21,25H,1,4-9,14-19H2,2H3,(H,33,39). The first-order chi connectivity index (χ1) is 19.1. The minimum absolute atomic E-state index is 0.0900. The minimum atomic E-state index is -4.51. The largest absolute Gasteiger partial charge is 0.463 e. The summed E-state index contributed by atoms with van der Waals surface area (Å²) in [5.74, 6) is -0.345. The number of esters is 1. The van der Waals surface area contributed by atoms with Gasteiger partial charge in [0.25, 0.3) is 0 Å². The molecule has 8 nitrogen and oxygen atoms in total. The average Bonchev–Trinajstić information content (AvgIpc) is 3.36. The third kappa shape index (κ3) is 6.68. The molecule has 1 saturated heterocycles. The summed E-state index contributed by atoms with van der Waals surface area (Å²) in [5.41, 5.74) is 0.105. The van der Waals surface area contributed by atoms with Gasteiger partial charge in [-0.15, -0.1) is 6.58 Å². The number of hydrogen-bond donors (Lipinski definition) is 1. The molecule has 4 rings (SSSR count). The van der Waals surface area contributed by atoms with Gasteiger partial charge in [-0.25, -0.2) is 9.59 Å². The smallest absolute Gasteiger partial charge is 0.416 e. The molecule has 2 fully saturated rings. The third-order valence-electron chi connectivity index (χ3n) is 7.79. The van der Waals surface area contributed by atoms with Crippen molar-refractivity contribution in [2.24, 2.45) is 5.92 Å². The van der Waals surface area contributed by atoms with Crippen molar-refractivity contribution >= 4 is 17.9 Å². The van der Waals surface area contributed by atoms with E-state index in [2.05, 4.69) is 16.8 Å². The maximum absolute atomic E-state index is 13.3. The topological polar surface area (TPSA) is 82.2 Å². The Morgan fingerprint density at radius 1 is 1.07 bits per heavy atom. The van der Waals surface area contributed by atoms with Crippen LogP contribution < -0.4 is 5.32 Å². The molecule has 3 amide bonds. The fourth-order valence-electron chi connectivity index (χ4n) is 5.75. The minimum Gasteiger partial charge on any atom is -0.463 e. The first kappa shape index (κ1) is 29.6. The van der Waals surface area contributed by atoms with Gasteiger partial charge in [0, 0.05) is 50.9 Å². The number of hydrogen-bond acceptors (Lipinski definition) is 5. The number of carbonyl (C=O) groups excluding carboxylic acids is 3. The van der Waals surface area contributed by atoms with Crippen LogP contribution in [0.15, 0.2) is 48.2 Å². The van der Waals surface area contributed by atoms with Gasteiger partial charge in [-0.1, -0.05) is 31.1 Å². The molecule has 1 atom stereocenters. The van der Waals surface area contributed by atoms with Gasteiger partial charge in [-0.2, -0.15) is 13.2 Å². The number of carbonyl (C=O) groups is 3. The lowest BCUT2D eigenvalue weighted by atomic mass is 9.93. The van der Waals surface area contributed by atoms with Gasteiger partial charge in [0.05, 0.1) is 23.8 Å². The number of nitrogens with zero attached hydrogens (tertiary/aromatic N) is 3. The predicted octanol–water partition coefficient (Wildman–Crippen LogP) is 4.50. The number of rotatable bonds is 8. The van der Waals surface area contributed by atoms with E-state index in [-0.39, 0.29) is 37.1 Å². The SMILES string of the molecule is C=CCN1C(=O)NC(c2ccc(C(F)(F)F)cc2)C(C(=O)OCC)=C1CN1CCCN(C(=O)C2CCCC2)CC1. The second kappa shape index (κ2) is 12.9. The number of alkyl halides is 3. The maximum atomic E-state index is 13.3. The fraction of sp³-hybridized carbons (Fsp3) is 0.552. The van der Waals surface area contributed by atoms with Crippen LogP contribution >= 0.6 is 0 Å². The Kier molecular flexibility index (Phi) is 9.55. The van der Waals surface area contributed by atoms with E-state index in [4.69, 9.17) is 4.74 Å². The van der Waals surface area contributed by atoms with E-state index >= 15 is 0 Å². The van der Waals surface area contributed by atoms with Crippen molar-refractivity contribution in [3.63, 3.8) is 0 Å². The van der Waals surface area contributed by atoms with E-state index in [1.165, 1.54) is 17.0 Å². The molecule has 1 aliphatic carbocycles. The van der Waals surface area contributed by atoms with Gasteiger partial charge in [0.1, 0.15) is 0 Å². The second-order valence-electron chi connectivity index (χ2n) is 10.4. The first-order valence-corrected chi connectivity index (χ1v) is 13.9. The summed E-state index contributed by atoms with van der Waals surface area (Å²) in [6.45, 7) is 8.28. The summed E-state index contributed by atoms with van der Waals surface area (Å²) < 4.78 is 44.9. The van der Waals surface area contributed by atoms with Crippen LogP contribution in [0.2, 0.25) is 0 Å². The van der Waals surface area contributed by atoms with Crippen LogP contribution in [0.25, 0.3) is 0 Å². The van der Waals surface area contributed by atoms with Crippen LogP contribution in [0.5, 0.6) is 0 Å². The monoisotopic (exact) mass is 562 g/mol. The van der Waals surface area contributed by atoms with Crippen LogP contribution in [0.3, 0.4) is 0 Å². The molecule has 0 bridgehead atoms. The average molecular weight is 563 g/mol. The first-order valence-electron chi connectivity index (χ1n) is 13.9. The number of benzene rings is 1. The quantitative estimate of drug-likeness (QED) is 0.373. The molecule has 3 aliphatic rings. The lowest BCUT2D eigenvalue weighted by molar-refractivity contribution is -0.139. The van der Waals surface area contributed by atoms with Crippen molar-refractivity contribution in [3.8, 4) is 0 Å². The molecule has 1 N–H and O–H groups in total. The lowest BCUT2D eigenvalue weighted by Gasteiger charge is -2.38. The van der Waals surface area contributed by atoms with Crippen LogP contribution in [0.1, 0.15) is 56.2 Å². The van der Waals surface area contributed by atoms with Gasteiger partial charge in [-0.3, -0.25) is 14.6 Å². The molecule has 0 aromatic heterocycles. The van der Waals surface area contributed by atoms with Gasteiger partial charge in [0.15, 0.2) is 0 Å². The summed E-state index contributed by atoms with van der Waals surface area (Å²) in [7, 11) is 0. The normalized spacial score (nSPS) is 21.3. The molecule has 11 heteroatoms. The summed E-state index contributed by atoms with van der Waals surface area (Å²) in [5, 5.41) is 2.78. The number of amides is 3. The molecular formula is C29H37F3N4O4. The van der Waals surface area contributed by atoms with Crippen molar-refractivity contribution in [2.45, 2.75) is 51.2 Å². The lowest BCUT2D eigenvalue weighted by Crippen LogP contribution is -2.51. The Balaban J connectivity index is 1.65. The van der Waals surface area contributed by atoms with Crippen molar-refractivity contribution in [3.05, 3.63) is 59.3 Å². The van der Waals surface area contributed by atoms with Gasteiger partial charge in [-0.05, 0) is 43.9 Å². The summed E-state index contributed by atoms with van der Waals surface area (Å²) >= 11 is 0. The Hall–Kier alpha value is -3.34. The number of ether oxygens (including phenoxy) is 1. The Morgan fingerprint density at radius 2 is 1.77 bits per heavy atom. The van der Waals surface area contributed by atoms with Gasteiger partial charge >= 0.3 is 18.2 Å². The highest BCUT2D eigenvalue weighted by Crippen LogP contribution is 2.35. The Bertz CT molecular complexity index is 1130. The van der Waals surface area contributed by atoms with Gasteiger partial charge < -0.3 is 15.0 Å². The third-order valence-corrected chi connectivity index (χ3v) is 7.79. The van der Waals surface area contributed by atoms with E-state index in [1.54, 1.807) is 13.0 Å². The van der Waals surface area contributed by atoms with E-state index in [1.807, 2.05) is 4.90 Å². The van der Waals surface area contributed by atoms with E-state index in [0.717, 1.165) is 44.2 Å². The molecule has 218 valence electrons. The molecule has 1 aromatic rings.